The van der Waals surface area contributed by atoms with Gasteiger partial charge in [-0.25, -0.2) is 0 Å². The van der Waals surface area contributed by atoms with Crippen molar-refractivity contribution in [2.45, 2.75) is 13.2 Å². The van der Waals surface area contributed by atoms with Crippen LogP contribution in [0.2, 0.25) is 5.02 Å². The number of hydrogen-bond acceptors (Lipinski definition) is 5. The Morgan fingerprint density at radius 2 is 1.96 bits per heavy atom. The molecule has 1 amide bonds. The number of hydrazone groups is 1. The van der Waals surface area contributed by atoms with Crippen LogP contribution >= 0.6 is 27.5 Å². The summed E-state index contributed by atoms with van der Waals surface area (Å²) in [6, 6.07) is 10.6. The molecule has 0 bridgehead atoms. The average molecular weight is 440 g/mol. The molecule has 1 aliphatic rings. The van der Waals surface area contributed by atoms with E-state index in [9.17, 15) is 4.79 Å². The van der Waals surface area contributed by atoms with Crippen LogP contribution in [-0.4, -0.2) is 31.0 Å². The van der Waals surface area contributed by atoms with Gasteiger partial charge in [-0.1, -0.05) is 17.7 Å². The van der Waals surface area contributed by atoms with E-state index in [2.05, 4.69) is 21.0 Å². The first-order chi connectivity index (χ1) is 12.4. The van der Waals surface area contributed by atoms with Gasteiger partial charge in [-0.2, -0.15) is 5.01 Å². The van der Waals surface area contributed by atoms with Crippen LogP contribution in [0.4, 0.5) is 0 Å². The van der Waals surface area contributed by atoms with Crippen LogP contribution in [0.15, 0.2) is 46.0 Å². The summed E-state index contributed by atoms with van der Waals surface area (Å²) in [6.45, 7) is 1.42. The van der Waals surface area contributed by atoms with Gasteiger partial charge < -0.3 is 14.2 Å². The predicted octanol–water partition coefficient (Wildman–Crippen LogP) is 4.36. The van der Waals surface area contributed by atoms with Crippen molar-refractivity contribution in [3.05, 3.63) is 57.0 Å². The molecule has 0 N–H and O–H groups in total. The van der Waals surface area contributed by atoms with E-state index in [-0.39, 0.29) is 5.91 Å². The summed E-state index contributed by atoms with van der Waals surface area (Å²) in [7, 11) is 3.10. The minimum atomic E-state index is -0.765. The van der Waals surface area contributed by atoms with E-state index in [1.807, 2.05) is 6.07 Å². The van der Waals surface area contributed by atoms with Crippen LogP contribution in [0.5, 0.6) is 11.5 Å². The number of rotatable bonds is 4. The minimum Gasteiger partial charge on any atom is -0.496 e. The maximum Gasteiger partial charge on any atom is 0.243 e. The zero-order valence-electron chi connectivity index (χ0n) is 14.3. The smallest absolute Gasteiger partial charge is 0.243 e. The van der Waals surface area contributed by atoms with E-state index < -0.39 is 6.23 Å². The van der Waals surface area contributed by atoms with Crippen LogP contribution < -0.4 is 9.47 Å². The first-order valence-electron chi connectivity index (χ1n) is 7.67. The van der Waals surface area contributed by atoms with Gasteiger partial charge in [0.25, 0.3) is 0 Å². The van der Waals surface area contributed by atoms with Gasteiger partial charge in [0.15, 0.2) is 0 Å². The molecule has 0 saturated carbocycles. The van der Waals surface area contributed by atoms with Crippen molar-refractivity contribution in [1.82, 2.24) is 5.01 Å². The first-order valence-corrected chi connectivity index (χ1v) is 8.84. The van der Waals surface area contributed by atoms with E-state index in [0.717, 1.165) is 0 Å². The summed E-state index contributed by atoms with van der Waals surface area (Å²) in [5.74, 6) is 1.17. The van der Waals surface area contributed by atoms with Crippen LogP contribution in [0, 0.1) is 0 Å². The Labute approximate surface area is 164 Å². The molecule has 1 atom stereocenters. The first kappa shape index (κ1) is 18.5. The molecule has 2 aromatic rings. The van der Waals surface area contributed by atoms with Gasteiger partial charge in [0.2, 0.25) is 18.0 Å². The second kappa shape index (κ2) is 7.55. The third-order valence-corrected chi connectivity index (χ3v) is 4.66. The maximum absolute atomic E-state index is 12.1. The Balaban J connectivity index is 2.03. The van der Waals surface area contributed by atoms with E-state index in [1.54, 1.807) is 37.4 Å². The molecule has 26 heavy (non-hydrogen) atoms. The summed E-state index contributed by atoms with van der Waals surface area (Å²) in [4.78, 5) is 12.1. The summed E-state index contributed by atoms with van der Waals surface area (Å²) in [5, 5.41) is 6.14. The van der Waals surface area contributed by atoms with Gasteiger partial charge in [0.05, 0.1) is 24.3 Å². The van der Waals surface area contributed by atoms with E-state index >= 15 is 0 Å². The highest BCUT2D eigenvalue weighted by molar-refractivity contribution is 9.10. The fourth-order valence-electron chi connectivity index (χ4n) is 2.58. The van der Waals surface area contributed by atoms with Crippen molar-refractivity contribution < 1.29 is 19.0 Å². The third kappa shape index (κ3) is 3.50. The highest BCUT2D eigenvalue weighted by Gasteiger charge is 2.35. The van der Waals surface area contributed by atoms with E-state index in [1.165, 1.54) is 19.0 Å². The Hall–Kier alpha value is -2.25. The quantitative estimate of drug-likeness (QED) is 0.710. The average Bonchev–Trinajstić information content (AvgIpc) is 3.07. The van der Waals surface area contributed by atoms with Crippen LogP contribution in [0.1, 0.15) is 24.3 Å². The number of amides is 1. The molecule has 0 saturated heterocycles. The van der Waals surface area contributed by atoms with Crippen LogP contribution in [0.3, 0.4) is 0 Å². The van der Waals surface area contributed by atoms with Crippen LogP contribution in [0.25, 0.3) is 0 Å². The molecule has 0 aliphatic carbocycles. The Bertz CT molecular complexity index is 887. The number of carbonyl (C=O) groups excluding carboxylic acids is 1. The summed E-state index contributed by atoms with van der Waals surface area (Å²) < 4.78 is 17.4. The topological polar surface area (TPSA) is 60.4 Å². The molecule has 3 rings (SSSR count). The lowest BCUT2D eigenvalue weighted by Gasteiger charge is -2.22. The molecular weight excluding hydrogens is 424 g/mol. The zero-order valence-corrected chi connectivity index (χ0v) is 16.7. The van der Waals surface area contributed by atoms with Crippen LogP contribution in [-0.2, 0) is 9.53 Å². The van der Waals surface area contributed by atoms with Crippen molar-refractivity contribution in [3.8, 4) is 11.5 Å². The Morgan fingerprint density at radius 1 is 1.23 bits per heavy atom. The number of halogens is 2. The number of benzene rings is 2. The fourth-order valence-corrected chi connectivity index (χ4v) is 3.30. The number of methoxy groups -OCH3 is 2. The second-order valence-electron chi connectivity index (χ2n) is 5.48. The molecule has 136 valence electrons. The number of nitrogens with zero attached hydrogens (tertiary/aromatic N) is 2. The summed E-state index contributed by atoms with van der Waals surface area (Å²) in [5.41, 5.74) is 1.31. The molecule has 6 nitrogen and oxygen atoms in total. The normalized spacial score (nSPS) is 16.1. The van der Waals surface area contributed by atoms with E-state index in [4.69, 9.17) is 25.8 Å². The van der Waals surface area contributed by atoms with Crippen molar-refractivity contribution in [3.63, 3.8) is 0 Å². The molecule has 1 heterocycles. The number of carbonyl (C=O) groups is 1. The molecule has 0 fully saturated rings. The lowest BCUT2D eigenvalue weighted by Crippen LogP contribution is -2.25. The molecule has 0 spiro atoms. The van der Waals surface area contributed by atoms with Crippen molar-refractivity contribution in [2.75, 3.05) is 14.2 Å². The van der Waals surface area contributed by atoms with E-state index in [0.29, 0.717) is 38.0 Å². The van der Waals surface area contributed by atoms with Gasteiger partial charge in [-0.05, 0) is 40.2 Å². The molecule has 0 aromatic heterocycles. The molecule has 2 aromatic carbocycles. The van der Waals surface area contributed by atoms with Crippen molar-refractivity contribution in [1.29, 1.82) is 0 Å². The highest BCUT2D eigenvalue weighted by atomic mass is 79.9. The Kier molecular flexibility index (Phi) is 5.38. The minimum absolute atomic E-state index is 0.263. The maximum atomic E-state index is 12.1. The molecule has 8 heteroatoms. The highest BCUT2D eigenvalue weighted by Crippen LogP contribution is 2.40. The van der Waals surface area contributed by atoms with Gasteiger partial charge in [-0.3, -0.25) is 4.79 Å². The van der Waals surface area contributed by atoms with Crippen molar-refractivity contribution >= 4 is 39.3 Å². The summed E-state index contributed by atoms with van der Waals surface area (Å²) >= 11 is 9.50. The van der Waals surface area contributed by atoms with Gasteiger partial charge >= 0.3 is 0 Å². The molecule has 0 radical (unpaired) electrons. The lowest BCUT2D eigenvalue weighted by atomic mass is 10.1. The third-order valence-electron chi connectivity index (χ3n) is 3.81. The second-order valence-corrected chi connectivity index (χ2v) is 6.77. The van der Waals surface area contributed by atoms with Gasteiger partial charge in [0, 0.05) is 23.6 Å². The standard InChI is InChI=1S/C18H16BrClN2O4/c1-10(23)22-18(13-8-14(19)16(25-3)9-15(13)24-2)26-17(21-22)11-5-4-6-12(20)7-11/h4-9,18H,1-3H3. The Morgan fingerprint density at radius 3 is 2.58 bits per heavy atom. The van der Waals surface area contributed by atoms with Gasteiger partial charge in [-0.15, -0.1) is 5.10 Å². The largest absolute Gasteiger partial charge is 0.496 e. The van der Waals surface area contributed by atoms with Gasteiger partial charge in [0.1, 0.15) is 11.5 Å². The fraction of sp³-hybridized carbons (Fsp3) is 0.222. The SMILES string of the molecule is COc1cc(OC)c(C2OC(c3cccc(Cl)c3)=NN2C(C)=O)cc1Br. The van der Waals surface area contributed by atoms with Crippen molar-refractivity contribution in [2.24, 2.45) is 5.10 Å². The molecule has 1 unspecified atom stereocenters. The lowest BCUT2D eigenvalue weighted by molar-refractivity contribution is -0.135. The monoisotopic (exact) mass is 438 g/mol. The molecule has 1 aliphatic heterocycles. The zero-order chi connectivity index (χ0) is 18.8. The predicted molar refractivity (Wildman–Crippen MR) is 102 cm³/mol. The number of ether oxygens (including phenoxy) is 3. The number of hydrogen-bond donors (Lipinski definition) is 0. The molecular formula is C18H16BrClN2O4. The summed E-state index contributed by atoms with van der Waals surface area (Å²) in [6.07, 6.45) is -0.765.